The standard InChI is InChI=1S/C12H16N2OS/c13-8-9-3-5-10(6-4-9)14-12(15)11-2-1-7-16-11/h3-6,11H,1-2,7-8,13H2,(H,14,15). The highest BCUT2D eigenvalue weighted by Gasteiger charge is 2.23. The molecule has 1 saturated heterocycles. The van der Waals surface area contributed by atoms with Crippen molar-refractivity contribution in [3.8, 4) is 0 Å². The van der Waals surface area contributed by atoms with Crippen molar-refractivity contribution in [3.05, 3.63) is 29.8 Å². The highest BCUT2D eigenvalue weighted by Crippen LogP contribution is 2.27. The lowest BCUT2D eigenvalue weighted by Gasteiger charge is -2.10. The van der Waals surface area contributed by atoms with Gasteiger partial charge in [-0.3, -0.25) is 4.79 Å². The summed E-state index contributed by atoms with van der Waals surface area (Å²) in [6, 6.07) is 7.69. The molecule has 3 nitrogen and oxygen atoms in total. The van der Waals surface area contributed by atoms with Crippen LogP contribution in [0.25, 0.3) is 0 Å². The molecule has 1 fully saturated rings. The first-order valence-electron chi connectivity index (χ1n) is 5.51. The average molecular weight is 236 g/mol. The summed E-state index contributed by atoms with van der Waals surface area (Å²) < 4.78 is 0. The molecule has 4 heteroatoms. The third-order valence-electron chi connectivity index (χ3n) is 2.68. The first kappa shape index (κ1) is 11.5. The Hall–Kier alpha value is -1.00. The van der Waals surface area contributed by atoms with Crippen molar-refractivity contribution in [2.24, 2.45) is 5.73 Å². The van der Waals surface area contributed by atoms with E-state index in [9.17, 15) is 4.79 Å². The number of benzene rings is 1. The summed E-state index contributed by atoms with van der Waals surface area (Å²) in [7, 11) is 0. The molecular weight excluding hydrogens is 220 g/mol. The van der Waals surface area contributed by atoms with Gasteiger partial charge in [-0.05, 0) is 36.3 Å². The third kappa shape index (κ3) is 2.77. The number of thioether (sulfide) groups is 1. The average Bonchev–Trinajstić information content (AvgIpc) is 2.83. The molecule has 1 atom stereocenters. The molecule has 0 spiro atoms. The van der Waals surface area contributed by atoms with Crippen molar-refractivity contribution in [2.45, 2.75) is 24.6 Å². The molecule has 1 aliphatic heterocycles. The molecular formula is C12H16N2OS. The van der Waals surface area contributed by atoms with Gasteiger partial charge in [-0.15, -0.1) is 11.8 Å². The zero-order chi connectivity index (χ0) is 11.4. The predicted molar refractivity (Wildman–Crippen MR) is 68.4 cm³/mol. The number of rotatable bonds is 3. The molecule has 0 aliphatic carbocycles. The van der Waals surface area contributed by atoms with Crippen LogP contribution in [0.4, 0.5) is 5.69 Å². The third-order valence-corrected chi connectivity index (χ3v) is 4.06. The second-order valence-electron chi connectivity index (χ2n) is 3.89. The second kappa shape index (κ2) is 5.37. The fourth-order valence-electron chi connectivity index (χ4n) is 1.73. The molecule has 3 N–H and O–H groups in total. The van der Waals surface area contributed by atoms with Crippen LogP contribution in [0.5, 0.6) is 0 Å². The number of hydrogen-bond acceptors (Lipinski definition) is 3. The van der Waals surface area contributed by atoms with Gasteiger partial charge in [0.25, 0.3) is 0 Å². The minimum atomic E-state index is 0.128. The van der Waals surface area contributed by atoms with E-state index in [2.05, 4.69) is 5.32 Å². The maximum Gasteiger partial charge on any atom is 0.237 e. The zero-order valence-electron chi connectivity index (χ0n) is 9.11. The van der Waals surface area contributed by atoms with Crippen molar-refractivity contribution >= 4 is 23.4 Å². The first-order chi connectivity index (χ1) is 7.79. The maximum absolute atomic E-state index is 11.8. The SMILES string of the molecule is NCc1ccc(NC(=O)C2CCCS2)cc1. The van der Waals surface area contributed by atoms with E-state index in [1.165, 1.54) is 0 Å². The van der Waals surface area contributed by atoms with Gasteiger partial charge in [0.2, 0.25) is 5.91 Å². The number of carbonyl (C=O) groups excluding carboxylic acids is 1. The Morgan fingerprint density at radius 2 is 2.19 bits per heavy atom. The van der Waals surface area contributed by atoms with Crippen molar-refractivity contribution in [1.82, 2.24) is 0 Å². The smallest absolute Gasteiger partial charge is 0.237 e. The molecule has 1 heterocycles. The Balaban J connectivity index is 1.94. The van der Waals surface area contributed by atoms with Gasteiger partial charge in [-0.1, -0.05) is 12.1 Å². The van der Waals surface area contributed by atoms with Crippen molar-refractivity contribution in [3.63, 3.8) is 0 Å². The summed E-state index contributed by atoms with van der Waals surface area (Å²) in [5.41, 5.74) is 7.44. The second-order valence-corrected chi connectivity index (χ2v) is 5.20. The quantitative estimate of drug-likeness (QED) is 0.843. The number of nitrogens with two attached hydrogens (primary N) is 1. The van der Waals surface area contributed by atoms with Crippen LogP contribution in [-0.4, -0.2) is 16.9 Å². The van der Waals surface area contributed by atoms with E-state index in [0.29, 0.717) is 6.54 Å². The van der Waals surface area contributed by atoms with Gasteiger partial charge in [-0.25, -0.2) is 0 Å². The lowest BCUT2D eigenvalue weighted by Crippen LogP contribution is -2.22. The van der Waals surface area contributed by atoms with Crippen LogP contribution in [-0.2, 0) is 11.3 Å². The molecule has 1 aliphatic rings. The number of nitrogens with one attached hydrogen (secondary N) is 1. The van der Waals surface area contributed by atoms with Crippen LogP contribution in [0, 0.1) is 0 Å². The Kier molecular flexibility index (Phi) is 3.85. The molecule has 0 radical (unpaired) electrons. The summed E-state index contributed by atoms with van der Waals surface area (Å²) in [6.45, 7) is 0.534. The van der Waals surface area contributed by atoms with Crippen LogP contribution >= 0.6 is 11.8 Å². The van der Waals surface area contributed by atoms with Crippen LogP contribution < -0.4 is 11.1 Å². The summed E-state index contributed by atoms with van der Waals surface area (Å²) >= 11 is 1.75. The maximum atomic E-state index is 11.8. The van der Waals surface area contributed by atoms with Crippen molar-refractivity contribution < 1.29 is 4.79 Å². The van der Waals surface area contributed by atoms with Crippen molar-refractivity contribution in [1.29, 1.82) is 0 Å². The van der Waals surface area contributed by atoms with Gasteiger partial charge in [-0.2, -0.15) is 0 Å². The molecule has 16 heavy (non-hydrogen) atoms. The minimum Gasteiger partial charge on any atom is -0.326 e. The fourth-order valence-corrected chi connectivity index (χ4v) is 2.89. The van der Waals surface area contributed by atoms with Gasteiger partial charge in [0.15, 0.2) is 0 Å². The molecule has 1 amide bonds. The summed E-state index contributed by atoms with van der Waals surface area (Å²) in [5, 5.41) is 3.07. The molecule has 86 valence electrons. The Bertz CT molecular complexity index is 358. The normalized spacial score (nSPS) is 19.7. The molecule has 1 aromatic carbocycles. The van der Waals surface area contributed by atoms with Crippen molar-refractivity contribution in [2.75, 3.05) is 11.1 Å². The molecule has 1 aromatic rings. The molecule has 0 aromatic heterocycles. The summed E-state index contributed by atoms with van der Waals surface area (Å²) in [6.07, 6.45) is 2.15. The lowest BCUT2D eigenvalue weighted by atomic mass is 10.2. The minimum absolute atomic E-state index is 0.128. The van der Waals surface area contributed by atoms with E-state index < -0.39 is 0 Å². The lowest BCUT2D eigenvalue weighted by molar-refractivity contribution is -0.115. The Labute approximate surface area is 99.8 Å². The van der Waals surface area contributed by atoms with Crippen LogP contribution in [0.2, 0.25) is 0 Å². The number of carbonyl (C=O) groups is 1. The van der Waals surface area contributed by atoms with Gasteiger partial charge in [0.05, 0.1) is 5.25 Å². The molecule has 0 saturated carbocycles. The Morgan fingerprint density at radius 1 is 1.44 bits per heavy atom. The molecule has 1 unspecified atom stereocenters. The van der Waals surface area contributed by atoms with Crippen LogP contribution in [0.3, 0.4) is 0 Å². The number of amides is 1. The highest BCUT2D eigenvalue weighted by molar-refractivity contribution is 8.00. The predicted octanol–water partition coefficient (Wildman–Crippen LogP) is 1.98. The topological polar surface area (TPSA) is 55.1 Å². The van der Waals surface area contributed by atoms with E-state index in [-0.39, 0.29) is 11.2 Å². The zero-order valence-corrected chi connectivity index (χ0v) is 9.93. The van der Waals surface area contributed by atoms with Crippen LogP contribution in [0.15, 0.2) is 24.3 Å². The monoisotopic (exact) mass is 236 g/mol. The Morgan fingerprint density at radius 3 is 2.75 bits per heavy atom. The van der Waals surface area contributed by atoms with E-state index in [1.54, 1.807) is 11.8 Å². The summed E-state index contributed by atoms with van der Waals surface area (Å²) in [5.74, 6) is 1.23. The van der Waals surface area contributed by atoms with E-state index >= 15 is 0 Å². The number of anilines is 1. The van der Waals surface area contributed by atoms with Gasteiger partial charge < -0.3 is 11.1 Å². The molecule has 0 bridgehead atoms. The van der Waals surface area contributed by atoms with Gasteiger partial charge >= 0.3 is 0 Å². The van der Waals surface area contributed by atoms with Gasteiger partial charge in [0.1, 0.15) is 0 Å². The summed E-state index contributed by atoms with van der Waals surface area (Å²) in [4.78, 5) is 11.8. The fraction of sp³-hybridized carbons (Fsp3) is 0.417. The number of hydrogen-bond donors (Lipinski definition) is 2. The highest BCUT2D eigenvalue weighted by atomic mass is 32.2. The van der Waals surface area contributed by atoms with E-state index in [1.807, 2.05) is 24.3 Å². The first-order valence-corrected chi connectivity index (χ1v) is 6.56. The van der Waals surface area contributed by atoms with Crippen LogP contribution in [0.1, 0.15) is 18.4 Å². The van der Waals surface area contributed by atoms with E-state index in [0.717, 1.165) is 29.8 Å². The van der Waals surface area contributed by atoms with E-state index in [4.69, 9.17) is 5.73 Å². The van der Waals surface area contributed by atoms with Gasteiger partial charge in [0, 0.05) is 12.2 Å². The largest absolute Gasteiger partial charge is 0.326 e. The molecule has 2 rings (SSSR count).